The fourth-order valence-electron chi connectivity index (χ4n) is 2.20. The van der Waals surface area contributed by atoms with Crippen LogP contribution >= 0.6 is 15.9 Å². The molecule has 6 nitrogen and oxygen atoms in total. The average molecular weight is 398 g/mol. The van der Waals surface area contributed by atoms with Crippen LogP contribution in [0, 0.1) is 6.92 Å². The van der Waals surface area contributed by atoms with Gasteiger partial charge in [-0.2, -0.15) is 0 Å². The number of aryl methyl sites for hydroxylation is 1. The van der Waals surface area contributed by atoms with Gasteiger partial charge in [-0.1, -0.05) is 22.0 Å². The number of hydrogen-bond acceptors (Lipinski definition) is 5. The molecule has 0 aliphatic heterocycles. The lowest BCUT2D eigenvalue weighted by atomic mass is 10.2. The lowest BCUT2D eigenvalue weighted by Crippen LogP contribution is -2.16. The minimum Gasteiger partial charge on any atom is -0.349 e. The van der Waals surface area contributed by atoms with E-state index in [1.807, 2.05) is 43.3 Å². The van der Waals surface area contributed by atoms with Crippen molar-refractivity contribution in [2.75, 3.05) is 10.6 Å². The first kappa shape index (κ1) is 17.0. The quantitative estimate of drug-likeness (QED) is 0.684. The van der Waals surface area contributed by atoms with Crippen molar-refractivity contribution in [1.82, 2.24) is 15.0 Å². The van der Waals surface area contributed by atoms with Gasteiger partial charge in [-0.15, -0.1) is 0 Å². The van der Waals surface area contributed by atoms with Crippen molar-refractivity contribution in [3.8, 4) is 0 Å². The normalized spacial score (nSPS) is 10.3. The molecule has 7 heteroatoms. The van der Waals surface area contributed by atoms with Gasteiger partial charge in [0.25, 0.3) is 5.91 Å². The monoisotopic (exact) mass is 397 g/mol. The summed E-state index contributed by atoms with van der Waals surface area (Å²) in [4.78, 5) is 25.0. The van der Waals surface area contributed by atoms with Crippen LogP contribution in [0.15, 0.2) is 59.3 Å². The lowest BCUT2D eigenvalue weighted by Gasteiger charge is -2.09. The number of nitrogens with one attached hydrogen (secondary N) is 2. The van der Waals surface area contributed by atoms with Gasteiger partial charge < -0.3 is 10.6 Å². The third-order valence-corrected chi connectivity index (χ3v) is 3.97. The van der Waals surface area contributed by atoms with Crippen molar-refractivity contribution in [2.24, 2.45) is 0 Å². The molecule has 2 aromatic heterocycles. The van der Waals surface area contributed by atoms with Gasteiger partial charge >= 0.3 is 0 Å². The van der Waals surface area contributed by atoms with Crippen LogP contribution in [-0.2, 0) is 6.54 Å². The fourth-order valence-corrected chi connectivity index (χ4v) is 2.67. The van der Waals surface area contributed by atoms with E-state index in [0.29, 0.717) is 18.2 Å². The second-order valence-electron chi connectivity index (χ2n) is 5.35. The molecule has 0 aliphatic rings. The Morgan fingerprint density at radius 2 is 2.00 bits per heavy atom. The standard InChI is InChI=1S/C18H16BrN5O/c1-12-10-13(19)5-6-15(12)23-17(25)16-7-9-21-18(24-16)22-11-14-4-2-3-8-20-14/h2-10H,11H2,1H3,(H,23,25)(H,21,22,24). The topological polar surface area (TPSA) is 79.8 Å². The third kappa shape index (κ3) is 4.60. The van der Waals surface area contributed by atoms with Gasteiger partial charge in [0.15, 0.2) is 0 Å². The second kappa shape index (κ2) is 7.85. The summed E-state index contributed by atoms with van der Waals surface area (Å²) in [7, 11) is 0. The highest BCUT2D eigenvalue weighted by molar-refractivity contribution is 9.10. The van der Waals surface area contributed by atoms with Crippen LogP contribution in [0.5, 0.6) is 0 Å². The summed E-state index contributed by atoms with van der Waals surface area (Å²) in [5.41, 5.74) is 2.87. The van der Waals surface area contributed by atoms with Crippen LogP contribution in [0.4, 0.5) is 11.6 Å². The lowest BCUT2D eigenvalue weighted by molar-refractivity contribution is 0.102. The maximum atomic E-state index is 12.4. The highest BCUT2D eigenvalue weighted by atomic mass is 79.9. The minimum absolute atomic E-state index is 0.284. The number of amides is 1. The van der Waals surface area contributed by atoms with Crippen molar-refractivity contribution in [2.45, 2.75) is 13.5 Å². The summed E-state index contributed by atoms with van der Waals surface area (Å²) >= 11 is 3.41. The van der Waals surface area contributed by atoms with Crippen LogP contribution in [0.3, 0.4) is 0 Å². The number of benzene rings is 1. The number of halogens is 1. The largest absolute Gasteiger partial charge is 0.349 e. The molecule has 1 amide bonds. The molecular weight excluding hydrogens is 382 g/mol. The predicted molar refractivity (Wildman–Crippen MR) is 100 cm³/mol. The first-order valence-corrected chi connectivity index (χ1v) is 8.45. The summed E-state index contributed by atoms with van der Waals surface area (Å²) in [5.74, 6) is 0.0968. The molecule has 3 aromatic rings. The van der Waals surface area contributed by atoms with Crippen LogP contribution in [0.25, 0.3) is 0 Å². The van der Waals surface area contributed by atoms with E-state index in [1.165, 1.54) is 0 Å². The van der Waals surface area contributed by atoms with Gasteiger partial charge in [0.05, 0.1) is 12.2 Å². The Hall–Kier alpha value is -2.80. The fraction of sp³-hybridized carbons (Fsp3) is 0.111. The average Bonchev–Trinajstić information content (AvgIpc) is 2.63. The molecule has 0 fully saturated rings. The molecule has 0 atom stereocenters. The van der Waals surface area contributed by atoms with Gasteiger partial charge in [-0.25, -0.2) is 9.97 Å². The highest BCUT2D eigenvalue weighted by Crippen LogP contribution is 2.20. The van der Waals surface area contributed by atoms with E-state index in [9.17, 15) is 4.79 Å². The van der Waals surface area contributed by atoms with Crippen molar-refractivity contribution < 1.29 is 4.79 Å². The van der Waals surface area contributed by atoms with Gasteiger partial charge in [0.1, 0.15) is 5.69 Å². The van der Waals surface area contributed by atoms with Crippen LogP contribution in [0.1, 0.15) is 21.7 Å². The zero-order valence-corrected chi connectivity index (χ0v) is 15.1. The first-order valence-electron chi connectivity index (χ1n) is 7.66. The second-order valence-corrected chi connectivity index (χ2v) is 6.27. The third-order valence-electron chi connectivity index (χ3n) is 3.48. The molecule has 126 valence electrons. The van der Waals surface area contributed by atoms with E-state index in [1.54, 1.807) is 18.5 Å². The predicted octanol–water partition coefficient (Wildman–Crippen LogP) is 3.81. The molecule has 0 saturated carbocycles. The summed E-state index contributed by atoms with van der Waals surface area (Å²) in [5, 5.41) is 5.93. The highest BCUT2D eigenvalue weighted by Gasteiger charge is 2.11. The summed E-state index contributed by atoms with van der Waals surface area (Å²) in [6.07, 6.45) is 3.28. The number of nitrogens with zero attached hydrogens (tertiary/aromatic N) is 3. The smallest absolute Gasteiger partial charge is 0.274 e. The molecule has 0 unspecified atom stereocenters. The number of aromatic nitrogens is 3. The molecule has 1 aromatic carbocycles. The van der Waals surface area contributed by atoms with Crippen LogP contribution in [-0.4, -0.2) is 20.9 Å². The van der Waals surface area contributed by atoms with E-state index in [4.69, 9.17) is 0 Å². The Kier molecular flexibility index (Phi) is 5.35. The maximum Gasteiger partial charge on any atom is 0.274 e. The Morgan fingerprint density at radius 1 is 1.12 bits per heavy atom. The number of pyridine rings is 1. The molecule has 0 bridgehead atoms. The van der Waals surface area contributed by atoms with Gasteiger partial charge in [-0.05, 0) is 48.9 Å². The van der Waals surface area contributed by atoms with Crippen molar-refractivity contribution in [3.63, 3.8) is 0 Å². The SMILES string of the molecule is Cc1cc(Br)ccc1NC(=O)c1ccnc(NCc2ccccn2)n1. The Morgan fingerprint density at radius 3 is 2.76 bits per heavy atom. The molecular formula is C18H16BrN5O. The number of hydrogen-bond donors (Lipinski definition) is 2. The van der Waals surface area contributed by atoms with Gasteiger partial charge in [-0.3, -0.25) is 9.78 Å². The number of anilines is 2. The van der Waals surface area contributed by atoms with E-state index in [-0.39, 0.29) is 5.91 Å². The Labute approximate surface area is 153 Å². The van der Waals surface area contributed by atoms with Gasteiger partial charge in [0.2, 0.25) is 5.95 Å². The zero-order valence-electron chi connectivity index (χ0n) is 13.5. The summed E-state index contributed by atoms with van der Waals surface area (Å²) in [6.45, 7) is 2.41. The Balaban J connectivity index is 1.69. The molecule has 0 spiro atoms. The van der Waals surface area contributed by atoms with Crippen molar-refractivity contribution in [3.05, 3.63) is 76.3 Å². The Bertz CT molecular complexity index is 886. The molecule has 3 rings (SSSR count). The molecule has 0 aliphatic carbocycles. The molecule has 0 saturated heterocycles. The molecule has 25 heavy (non-hydrogen) atoms. The zero-order chi connectivity index (χ0) is 17.6. The summed E-state index contributed by atoms with van der Waals surface area (Å²) < 4.78 is 0.964. The first-order chi connectivity index (χ1) is 12.1. The molecule has 2 heterocycles. The number of rotatable bonds is 5. The van der Waals surface area contributed by atoms with Crippen LogP contribution < -0.4 is 10.6 Å². The van der Waals surface area contributed by atoms with Crippen molar-refractivity contribution in [1.29, 1.82) is 0 Å². The van der Waals surface area contributed by atoms with Crippen molar-refractivity contribution >= 4 is 33.5 Å². The summed E-state index contributed by atoms with van der Waals surface area (Å²) in [6, 6.07) is 12.9. The number of carbonyl (C=O) groups is 1. The van der Waals surface area contributed by atoms with Gasteiger partial charge in [0, 0.05) is 22.6 Å². The van der Waals surface area contributed by atoms with E-state index in [0.717, 1.165) is 21.4 Å². The van der Waals surface area contributed by atoms with E-state index >= 15 is 0 Å². The van der Waals surface area contributed by atoms with E-state index in [2.05, 4.69) is 41.5 Å². The molecule has 0 radical (unpaired) electrons. The van der Waals surface area contributed by atoms with Crippen LogP contribution in [0.2, 0.25) is 0 Å². The number of carbonyl (C=O) groups excluding carboxylic acids is 1. The maximum absolute atomic E-state index is 12.4. The molecule has 2 N–H and O–H groups in total. The van der Waals surface area contributed by atoms with E-state index < -0.39 is 0 Å². The minimum atomic E-state index is -0.284.